The molecular weight excluding hydrogens is 165 g/mol. The molecule has 0 aromatic carbocycles. The summed E-state index contributed by atoms with van der Waals surface area (Å²) >= 11 is 5.60. The lowest BCUT2D eigenvalue weighted by Crippen LogP contribution is -1.96. The number of hydrogen-bond acceptors (Lipinski definition) is 1. The summed E-state index contributed by atoms with van der Waals surface area (Å²) in [6.45, 7) is 0. The van der Waals surface area contributed by atoms with Crippen molar-refractivity contribution in [3.05, 3.63) is 29.0 Å². The van der Waals surface area contributed by atoms with Gasteiger partial charge in [0.15, 0.2) is 0 Å². The standard InChI is InChI=1S/C8H7ClFN/c9-7-5-6(1-4-11-7)8(10)2-3-8/h1,4-5H,2-3H2. The van der Waals surface area contributed by atoms with Crippen molar-refractivity contribution in [1.82, 2.24) is 4.98 Å². The van der Waals surface area contributed by atoms with Crippen LogP contribution in [0, 0.1) is 0 Å². The van der Waals surface area contributed by atoms with E-state index >= 15 is 0 Å². The smallest absolute Gasteiger partial charge is 0.136 e. The molecule has 2 rings (SSSR count). The maximum Gasteiger partial charge on any atom is 0.136 e. The normalized spacial score (nSPS) is 19.8. The number of hydrogen-bond donors (Lipinski definition) is 0. The van der Waals surface area contributed by atoms with Crippen LogP contribution in [0.4, 0.5) is 4.39 Å². The first kappa shape index (κ1) is 7.04. The summed E-state index contributed by atoms with van der Waals surface area (Å²) in [5, 5.41) is 0.367. The molecule has 1 saturated carbocycles. The van der Waals surface area contributed by atoms with Gasteiger partial charge in [0.2, 0.25) is 0 Å². The quantitative estimate of drug-likeness (QED) is 0.592. The minimum Gasteiger partial charge on any atom is -0.245 e. The van der Waals surface area contributed by atoms with Crippen molar-refractivity contribution >= 4 is 11.6 Å². The Morgan fingerprint density at radius 2 is 2.27 bits per heavy atom. The molecule has 0 radical (unpaired) electrons. The average molecular weight is 172 g/mol. The molecule has 0 aliphatic heterocycles. The summed E-state index contributed by atoms with van der Waals surface area (Å²) < 4.78 is 13.3. The predicted octanol–water partition coefficient (Wildman–Crippen LogP) is 2.69. The molecule has 1 aromatic heterocycles. The summed E-state index contributed by atoms with van der Waals surface area (Å²) in [5.74, 6) is 0. The molecule has 3 heteroatoms. The first-order chi connectivity index (χ1) is 5.21. The minimum atomic E-state index is -1.09. The Bertz CT molecular complexity index is 283. The number of pyridine rings is 1. The van der Waals surface area contributed by atoms with Crippen LogP contribution in [0.25, 0.3) is 0 Å². The number of halogens is 2. The molecular formula is C8H7ClFN. The van der Waals surface area contributed by atoms with Gasteiger partial charge in [-0.15, -0.1) is 0 Å². The number of alkyl halides is 1. The Kier molecular flexibility index (Phi) is 1.39. The third kappa shape index (κ3) is 1.23. The molecule has 1 aliphatic carbocycles. The van der Waals surface area contributed by atoms with Gasteiger partial charge in [-0.3, -0.25) is 0 Å². The molecule has 0 atom stereocenters. The van der Waals surface area contributed by atoms with Gasteiger partial charge in [0.25, 0.3) is 0 Å². The van der Waals surface area contributed by atoms with Gasteiger partial charge >= 0.3 is 0 Å². The summed E-state index contributed by atoms with van der Waals surface area (Å²) in [4.78, 5) is 3.78. The summed E-state index contributed by atoms with van der Waals surface area (Å²) in [6.07, 6.45) is 2.78. The fourth-order valence-electron chi connectivity index (χ4n) is 1.08. The summed E-state index contributed by atoms with van der Waals surface area (Å²) in [5.41, 5.74) is -0.426. The molecule has 1 fully saturated rings. The molecule has 0 amide bonds. The summed E-state index contributed by atoms with van der Waals surface area (Å²) in [6, 6.07) is 3.27. The molecule has 0 unspecified atom stereocenters. The molecule has 0 spiro atoms. The highest BCUT2D eigenvalue weighted by Gasteiger charge is 2.44. The van der Waals surface area contributed by atoms with Crippen LogP contribution < -0.4 is 0 Å². The Morgan fingerprint density at radius 3 is 2.82 bits per heavy atom. The van der Waals surface area contributed by atoms with E-state index in [0.717, 1.165) is 0 Å². The Morgan fingerprint density at radius 1 is 1.55 bits per heavy atom. The van der Waals surface area contributed by atoms with E-state index < -0.39 is 5.67 Å². The van der Waals surface area contributed by atoms with E-state index in [9.17, 15) is 4.39 Å². The Labute approximate surface area is 69.2 Å². The van der Waals surface area contributed by atoms with Gasteiger partial charge in [-0.2, -0.15) is 0 Å². The third-order valence-electron chi connectivity index (χ3n) is 1.93. The van der Waals surface area contributed by atoms with Crippen LogP contribution in [-0.4, -0.2) is 4.98 Å². The van der Waals surface area contributed by atoms with E-state index in [-0.39, 0.29) is 0 Å². The van der Waals surface area contributed by atoms with Crippen LogP contribution >= 0.6 is 11.6 Å². The maximum absolute atomic E-state index is 13.3. The van der Waals surface area contributed by atoms with Crippen molar-refractivity contribution in [3.8, 4) is 0 Å². The van der Waals surface area contributed by atoms with Crippen molar-refractivity contribution in [3.63, 3.8) is 0 Å². The molecule has 0 N–H and O–H groups in total. The molecule has 1 aliphatic rings. The van der Waals surface area contributed by atoms with E-state index in [1.165, 1.54) is 6.20 Å². The van der Waals surface area contributed by atoms with Crippen LogP contribution in [0.5, 0.6) is 0 Å². The Hall–Kier alpha value is -0.630. The monoisotopic (exact) mass is 171 g/mol. The zero-order chi connectivity index (χ0) is 7.90. The van der Waals surface area contributed by atoms with Crippen molar-refractivity contribution in [2.24, 2.45) is 0 Å². The van der Waals surface area contributed by atoms with Crippen molar-refractivity contribution < 1.29 is 4.39 Å². The molecule has 11 heavy (non-hydrogen) atoms. The fraction of sp³-hybridized carbons (Fsp3) is 0.375. The lowest BCUT2D eigenvalue weighted by Gasteiger charge is -2.03. The summed E-state index contributed by atoms with van der Waals surface area (Å²) in [7, 11) is 0. The topological polar surface area (TPSA) is 12.9 Å². The first-order valence-electron chi connectivity index (χ1n) is 3.52. The molecule has 0 saturated heterocycles. The van der Waals surface area contributed by atoms with Crippen LogP contribution in [0.2, 0.25) is 5.15 Å². The highest BCUT2D eigenvalue weighted by Crippen LogP contribution is 2.49. The van der Waals surface area contributed by atoms with E-state index in [0.29, 0.717) is 23.6 Å². The van der Waals surface area contributed by atoms with E-state index in [1.807, 2.05) is 0 Å². The van der Waals surface area contributed by atoms with Crippen LogP contribution in [-0.2, 0) is 5.67 Å². The molecule has 58 valence electrons. The second-order valence-electron chi connectivity index (χ2n) is 2.83. The second kappa shape index (κ2) is 2.18. The molecule has 1 aromatic rings. The molecule has 1 heterocycles. The van der Waals surface area contributed by atoms with Gasteiger partial charge in [0.05, 0.1) is 0 Å². The number of nitrogens with zero attached hydrogens (tertiary/aromatic N) is 1. The zero-order valence-electron chi connectivity index (χ0n) is 5.85. The van der Waals surface area contributed by atoms with Gasteiger partial charge in [-0.05, 0) is 30.5 Å². The third-order valence-corrected chi connectivity index (χ3v) is 2.14. The van der Waals surface area contributed by atoms with Gasteiger partial charge in [0.1, 0.15) is 10.8 Å². The number of aromatic nitrogens is 1. The first-order valence-corrected chi connectivity index (χ1v) is 3.89. The average Bonchev–Trinajstić information content (AvgIpc) is 2.70. The van der Waals surface area contributed by atoms with Crippen LogP contribution in [0.3, 0.4) is 0 Å². The van der Waals surface area contributed by atoms with Gasteiger partial charge in [0, 0.05) is 6.20 Å². The lowest BCUT2D eigenvalue weighted by molar-refractivity contribution is 0.317. The van der Waals surface area contributed by atoms with Crippen molar-refractivity contribution in [2.75, 3.05) is 0 Å². The van der Waals surface area contributed by atoms with E-state index in [4.69, 9.17) is 11.6 Å². The van der Waals surface area contributed by atoms with Crippen molar-refractivity contribution in [1.29, 1.82) is 0 Å². The largest absolute Gasteiger partial charge is 0.245 e. The maximum atomic E-state index is 13.3. The van der Waals surface area contributed by atoms with Crippen LogP contribution in [0.1, 0.15) is 18.4 Å². The lowest BCUT2D eigenvalue weighted by atomic mass is 10.1. The number of rotatable bonds is 1. The van der Waals surface area contributed by atoms with Gasteiger partial charge < -0.3 is 0 Å². The highest BCUT2D eigenvalue weighted by atomic mass is 35.5. The van der Waals surface area contributed by atoms with E-state index in [1.54, 1.807) is 12.1 Å². The SMILES string of the molecule is FC1(c2ccnc(Cl)c2)CC1. The van der Waals surface area contributed by atoms with Gasteiger partial charge in [-0.1, -0.05) is 11.6 Å². The molecule has 1 nitrogen and oxygen atoms in total. The predicted molar refractivity (Wildman–Crippen MR) is 41.3 cm³/mol. The zero-order valence-corrected chi connectivity index (χ0v) is 6.61. The molecule has 0 bridgehead atoms. The van der Waals surface area contributed by atoms with E-state index in [2.05, 4.69) is 4.98 Å². The minimum absolute atomic E-state index is 0.367. The second-order valence-corrected chi connectivity index (χ2v) is 3.22. The van der Waals surface area contributed by atoms with Gasteiger partial charge in [-0.25, -0.2) is 9.37 Å². The van der Waals surface area contributed by atoms with Crippen LogP contribution in [0.15, 0.2) is 18.3 Å². The Balaban J connectivity index is 2.38. The fourth-order valence-corrected chi connectivity index (χ4v) is 1.25. The van der Waals surface area contributed by atoms with Crippen molar-refractivity contribution in [2.45, 2.75) is 18.5 Å². The highest BCUT2D eigenvalue weighted by molar-refractivity contribution is 6.29.